The topological polar surface area (TPSA) is 18.5 Å². The van der Waals surface area contributed by atoms with Crippen LogP contribution in [-0.2, 0) is 9.47 Å². The van der Waals surface area contributed by atoms with Crippen LogP contribution < -0.4 is 0 Å². The van der Waals surface area contributed by atoms with Gasteiger partial charge in [-0.25, -0.2) is 4.74 Å². The third-order valence-corrected chi connectivity index (χ3v) is 0.464. The molecule has 0 fully saturated rings. The van der Waals surface area contributed by atoms with Crippen LogP contribution in [0, 0.1) is 0 Å². The molecule has 9 heavy (non-hydrogen) atoms. The lowest BCUT2D eigenvalue weighted by molar-refractivity contribution is -0.427. The van der Waals surface area contributed by atoms with E-state index in [1.165, 1.54) is 0 Å². The van der Waals surface area contributed by atoms with Gasteiger partial charge in [0.1, 0.15) is 0 Å². The lowest BCUT2D eigenvalue weighted by Crippen LogP contribution is -2.25. The molecule has 0 saturated heterocycles. The first kappa shape index (κ1) is 8.64. The van der Waals surface area contributed by atoms with Gasteiger partial charge in [0.05, 0.1) is 0 Å². The molecule has 0 aromatic rings. The molecule has 0 rings (SSSR count). The number of alkyl halides is 4. The predicted molar refractivity (Wildman–Crippen MR) is 19.0 cm³/mol. The summed E-state index contributed by atoms with van der Waals surface area (Å²) in [7, 11) is 0.558. The van der Waals surface area contributed by atoms with Crippen LogP contribution in [0.15, 0.2) is 0 Å². The Morgan fingerprint density at radius 2 is 1.78 bits per heavy atom. The van der Waals surface area contributed by atoms with E-state index in [2.05, 4.69) is 9.47 Å². The van der Waals surface area contributed by atoms with Crippen molar-refractivity contribution in [2.75, 3.05) is 7.11 Å². The van der Waals surface area contributed by atoms with Gasteiger partial charge in [0.2, 0.25) is 0 Å². The summed E-state index contributed by atoms with van der Waals surface area (Å²) in [6.07, 6.45) is -4.19. The van der Waals surface area contributed by atoms with Crippen molar-refractivity contribution in [1.82, 2.24) is 0 Å². The Balaban J connectivity index is 3.58. The number of rotatable bonds is 3. The van der Waals surface area contributed by atoms with Crippen molar-refractivity contribution >= 4 is 0 Å². The Morgan fingerprint density at radius 3 is 1.89 bits per heavy atom. The molecular formula is C3H4F4O2. The molecular weight excluding hydrogens is 144 g/mol. The van der Waals surface area contributed by atoms with E-state index in [4.69, 9.17) is 0 Å². The van der Waals surface area contributed by atoms with Gasteiger partial charge in [0.15, 0.2) is 0 Å². The third kappa shape index (κ3) is 4.16. The molecule has 0 bridgehead atoms. The molecule has 0 aromatic heterocycles. The predicted octanol–water partition coefficient (Wildman–Crippen LogP) is 1.42. The van der Waals surface area contributed by atoms with Crippen molar-refractivity contribution in [3.05, 3.63) is 0 Å². The average molecular weight is 148 g/mol. The molecule has 0 saturated carbocycles. The summed E-state index contributed by atoms with van der Waals surface area (Å²) in [6.45, 7) is -3.53. The van der Waals surface area contributed by atoms with E-state index in [-0.39, 0.29) is 0 Å². The summed E-state index contributed by atoms with van der Waals surface area (Å²) >= 11 is 0. The Morgan fingerprint density at radius 1 is 1.33 bits per heavy atom. The molecule has 0 unspecified atom stereocenters. The fourth-order valence-corrected chi connectivity index (χ4v) is 0.152. The molecule has 2 nitrogen and oxygen atoms in total. The Kier molecular flexibility index (Phi) is 2.86. The molecule has 0 amide bonds. The standard InChI is InChI=1S/C3H4F4O2/c1-8-3(6,7)9-2(4)5/h2H,1H3. The van der Waals surface area contributed by atoms with Crippen molar-refractivity contribution in [3.8, 4) is 0 Å². The van der Waals surface area contributed by atoms with Crippen LogP contribution in [0.2, 0.25) is 0 Å². The largest absolute Gasteiger partial charge is 0.489 e. The minimum Gasteiger partial charge on any atom is -0.299 e. The van der Waals surface area contributed by atoms with E-state index in [9.17, 15) is 17.6 Å². The monoisotopic (exact) mass is 148 g/mol. The van der Waals surface area contributed by atoms with Gasteiger partial charge in [-0.05, 0) is 0 Å². The highest BCUT2D eigenvalue weighted by Crippen LogP contribution is 2.18. The van der Waals surface area contributed by atoms with Crippen LogP contribution in [0.4, 0.5) is 17.6 Å². The first-order valence-electron chi connectivity index (χ1n) is 1.87. The molecule has 0 aliphatic heterocycles. The van der Waals surface area contributed by atoms with Crippen molar-refractivity contribution in [2.45, 2.75) is 12.9 Å². The second kappa shape index (κ2) is 2.98. The minimum absolute atomic E-state index is 0.558. The molecule has 56 valence electrons. The molecule has 0 aliphatic rings. The van der Waals surface area contributed by atoms with Gasteiger partial charge >= 0.3 is 12.9 Å². The van der Waals surface area contributed by atoms with Crippen LogP contribution in [0.1, 0.15) is 0 Å². The minimum atomic E-state index is -4.19. The van der Waals surface area contributed by atoms with Crippen LogP contribution in [-0.4, -0.2) is 20.0 Å². The van der Waals surface area contributed by atoms with Crippen LogP contribution in [0.5, 0.6) is 0 Å². The van der Waals surface area contributed by atoms with Crippen molar-refractivity contribution in [1.29, 1.82) is 0 Å². The van der Waals surface area contributed by atoms with Gasteiger partial charge in [-0.3, -0.25) is 4.74 Å². The number of hydrogen-bond acceptors (Lipinski definition) is 2. The molecule has 0 spiro atoms. The highest BCUT2D eigenvalue weighted by Gasteiger charge is 2.34. The van der Waals surface area contributed by atoms with Crippen LogP contribution in [0.3, 0.4) is 0 Å². The van der Waals surface area contributed by atoms with E-state index in [0.717, 1.165) is 0 Å². The SMILES string of the molecule is COC(F)(F)OC(F)F. The lowest BCUT2D eigenvalue weighted by atomic mass is 11.2. The summed E-state index contributed by atoms with van der Waals surface area (Å²) in [5.41, 5.74) is 0. The molecule has 0 aliphatic carbocycles. The maximum absolute atomic E-state index is 11.5. The van der Waals surface area contributed by atoms with Gasteiger partial charge in [0, 0.05) is 7.11 Å². The maximum Gasteiger partial charge on any atom is 0.489 e. The Labute approximate surface area is 48.4 Å². The van der Waals surface area contributed by atoms with Crippen LogP contribution >= 0.6 is 0 Å². The van der Waals surface area contributed by atoms with Crippen LogP contribution in [0.25, 0.3) is 0 Å². The summed E-state index contributed by atoms with van der Waals surface area (Å²) in [5, 5.41) is 0. The highest BCUT2D eigenvalue weighted by atomic mass is 19.3. The maximum atomic E-state index is 11.5. The normalized spacial score (nSPS) is 12.7. The van der Waals surface area contributed by atoms with E-state index in [1.54, 1.807) is 0 Å². The molecule has 0 atom stereocenters. The summed E-state index contributed by atoms with van der Waals surface area (Å²) in [5.74, 6) is 0. The van der Waals surface area contributed by atoms with E-state index < -0.39 is 12.9 Å². The molecule has 0 radical (unpaired) electrons. The third-order valence-electron chi connectivity index (χ3n) is 0.464. The number of ether oxygens (including phenoxy) is 2. The van der Waals surface area contributed by atoms with Gasteiger partial charge in [-0.15, -0.1) is 8.78 Å². The molecule has 0 heterocycles. The molecule has 6 heteroatoms. The van der Waals surface area contributed by atoms with Gasteiger partial charge in [0.25, 0.3) is 0 Å². The summed E-state index contributed by atoms with van der Waals surface area (Å²) < 4.78 is 50.7. The summed E-state index contributed by atoms with van der Waals surface area (Å²) in [6, 6.07) is 0. The first-order valence-corrected chi connectivity index (χ1v) is 1.87. The fourth-order valence-electron chi connectivity index (χ4n) is 0.152. The zero-order valence-corrected chi connectivity index (χ0v) is 4.41. The van der Waals surface area contributed by atoms with E-state index in [1.807, 2.05) is 0 Å². The molecule has 0 N–H and O–H groups in total. The van der Waals surface area contributed by atoms with Gasteiger partial charge < -0.3 is 0 Å². The van der Waals surface area contributed by atoms with E-state index >= 15 is 0 Å². The fraction of sp³-hybridized carbons (Fsp3) is 1.00. The Bertz CT molecular complexity index is 83.9. The Hall–Kier alpha value is -0.360. The quantitative estimate of drug-likeness (QED) is 0.445. The van der Waals surface area contributed by atoms with Gasteiger partial charge in [-0.2, -0.15) is 8.78 Å². The molecule has 0 aromatic carbocycles. The number of methoxy groups -OCH3 is 1. The highest BCUT2D eigenvalue weighted by molar-refractivity contribution is 4.26. The van der Waals surface area contributed by atoms with Crippen molar-refractivity contribution in [3.63, 3.8) is 0 Å². The second-order valence-electron chi connectivity index (χ2n) is 1.05. The summed E-state index contributed by atoms with van der Waals surface area (Å²) in [4.78, 5) is 0. The van der Waals surface area contributed by atoms with E-state index in [0.29, 0.717) is 7.11 Å². The number of hydrogen-bond donors (Lipinski definition) is 0. The smallest absolute Gasteiger partial charge is 0.299 e. The zero-order valence-electron chi connectivity index (χ0n) is 4.41. The lowest BCUT2D eigenvalue weighted by Gasteiger charge is -2.11. The number of halogens is 4. The second-order valence-corrected chi connectivity index (χ2v) is 1.05. The zero-order chi connectivity index (χ0) is 7.49. The van der Waals surface area contributed by atoms with Crippen molar-refractivity contribution < 1.29 is 27.0 Å². The van der Waals surface area contributed by atoms with Crippen molar-refractivity contribution in [2.24, 2.45) is 0 Å². The van der Waals surface area contributed by atoms with Gasteiger partial charge in [-0.1, -0.05) is 0 Å². The first-order chi connectivity index (χ1) is 3.98. The average Bonchev–Trinajstić information content (AvgIpc) is 1.63.